The number of fused-ring (bicyclic) bond motifs is 8. The lowest BCUT2D eigenvalue weighted by atomic mass is 9.46. The molecule has 0 spiro atoms. The first-order valence-electron chi connectivity index (χ1n) is 16.8. The van der Waals surface area contributed by atoms with Crippen LogP contribution in [0.1, 0.15) is 123 Å². The molecule has 0 heterocycles. The Balaban J connectivity index is 1.12. The second-order valence-corrected chi connectivity index (χ2v) is 16.0. The second kappa shape index (κ2) is 9.36. The van der Waals surface area contributed by atoms with Gasteiger partial charge in [-0.15, -0.1) is 0 Å². The van der Waals surface area contributed by atoms with E-state index in [9.17, 15) is 0 Å². The van der Waals surface area contributed by atoms with Crippen LogP contribution in [0.3, 0.4) is 0 Å². The van der Waals surface area contributed by atoms with Crippen molar-refractivity contribution in [2.45, 2.75) is 129 Å². The summed E-state index contributed by atoms with van der Waals surface area (Å²) in [6, 6.07) is 0. The Morgan fingerprint density at radius 1 is 0.514 bits per heavy atom. The summed E-state index contributed by atoms with van der Waals surface area (Å²) in [6.07, 6.45) is 27.6. The molecule has 7 rings (SSSR count). The zero-order valence-electron chi connectivity index (χ0n) is 23.3. The van der Waals surface area contributed by atoms with E-state index in [0.29, 0.717) is 5.41 Å². The quantitative estimate of drug-likeness (QED) is 0.350. The van der Waals surface area contributed by atoms with E-state index >= 15 is 0 Å². The first-order chi connectivity index (χ1) is 17.1. The zero-order chi connectivity index (χ0) is 23.7. The predicted molar refractivity (Wildman–Crippen MR) is 148 cm³/mol. The van der Waals surface area contributed by atoms with Crippen molar-refractivity contribution in [3.05, 3.63) is 0 Å². The summed E-state index contributed by atoms with van der Waals surface area (Å²) in [5.41, 5.74) is 0.561. The van der Waals surface area contributed by atoms with Gasteiger partial charge in [-0.1, -0.05) is 58.7 Å². The Labute approximate surface area is 219 Å². The molecule has 7 aliphatic rings. The van der Waals surface area contributed by atoms with Gasteiger partial charge in [0.05, 0.1) is 7.85 Å². The second-order valence-electron chi connectivity index (χ2n) is 16.0. The molecule has 7 saturated carbocycles. The molecule has 0 aliphatic heterocycles. The van der Waals surface area contributed by atoms with Crippen molar-refractivity contribution < 1.29 is 0 Å². The monoisotopic (exact) mass is 474 g/mol. The van der Waals surface area contributed by atoms with Crippen LogP contribution in [-0.2, 0) is 0 Å². The highest BCUT2D eigenvalue weighted by Crippen LogP contribution is 2.67. The predicted octanol–water partition coefficient (Wildman–Crippen LogP) is 9.34. The summed E-state index contributed by atoms with van der Waals surface area (Å²) in [6.45, 7) is 5.42. The van der Waals surface area contributed by atoms with Gasteiger partial charge in [0.2, 0.25) is 0 Å². The largest absolute Gasteiger partial charge is 0.0859 e. The van der Waals surface area contributed by atoms with Crippen LogP contribution >= 0.6 is 0 Å². The number of hydrogen-bond donors (Lipinski definition) is 0. The Hall–Kier alpha value is 0.0649. The molecule has 2 radical (unpaired) electrons. The maximum atomic E-state index is 6.20. The number of hydrogen-bond acceptors (Lipinski definition) is 0. The molecule has 7 fully saturated rings. The van der Waals surface area contributed by atoms with Crippen LogP contribution in [0.5, 0.6) is 0 Å². The molecule has 13 unspecified atom stereocenters. The Morgan fingerprint density at radius 3 is 1.94 bits per heavy atom. The molecule has 7 aliphatic carbocycles. The van der Waals surface area contributed by atoms with E-state index < -0.39 is 0 Å². The van der Waals surface area contributed by atoms with E-state index in [1.165, 1.54) is 19.3 Å². The summed E-state index contributed by atoms with van der Waals surface area (Å²) >= 11 is 0. The maximum Gasteiger partial charge on any atom is 0.0656 e. The Kier molecular flexibility index (Phi) is 6.46. The van der Waals surface area contributed by atoms with Crippen molar-refractivity contribution in [3.8, 4) is 0 Å². The van der Waals surface area contributed by atoms with Gasteiger partial charge < -0.3 is 0 Å². The van der Waals surface area contributed by atoms with Crippen LogP contribution in [0.15, 0.2) is 0 Å². The topological polar surface area (TPSA) is 0 Å². The SMILES string of the molecule is [B]CC1CCC2C3CCC(C4CC5CCC6CCCCC6C5C5CCCCC45)CC3C(C)(C)C2C1. The van der Waals surface area contributed by atoms with Crippen LogP contribution in [0.2, 0.25) is 6.32 Å². The highest BCUT2D eigenvalue weighted by Gasteiger charge is 2.59. The lowest BCUT2D eigenvalue weighted by Gasteiger charge is -2.59. The standard InChI is InChI=1S/C34H55B/c1-34(2)31-17-21(20-35)11-15-27(31)28-16-14-23(19-32(28)34)30-18-24-13-12-22-7-3-4-8-25(22)33(24)29-10-6-5-9-26(29)30/h21-33H,3-20H2,1-2H3. The van der Waals surface area contributed by atoms with Crippen molar-refractivity contribution in [3.63, 3.8) is 0 Å². The van der Waals surface area contributed by atoms with Crippen molar-refractivity contribution in [1.29, 1.82) is 0 Å². The van der Waals surface area contributed by atoms with Gasteiger partial charge >= 0.3 is 0 Å². The van der Waals surface area contributed by atoms with E-state index in [1.807, 2.05) is 0 Å². The van der Waals surface area contributed by atoms with Crippen molar-refractivity contribution in [2.24, 2.45) is 82.3 Å². The van der Waals surface area contributed by atoms with E-state index in [4.69, 9.17) is 7.85 Å². The third-order valence-corrected chi connectivity index (χ3v) is 14.8. The third kappa shape index (κ3) is 3.88. The maximum absolute atomic E-state index is 6.20. The molecule has 0 aromatic heterocycles. The van der Waals surface area contributed by atoms with Gasteiger partial charge in [0.15, 0.2) is 0 Å². The first kappa shape index (κ1) is 24.1. The van der Waals surface area contributed by atoms with Gasteiger partial charge in [0.25, 0.3) is 0 Å². The molecule has 35 heavy (non-hydrogen) atoms. The zero-order valence-corrected chi connectivity index (χ0v) is 23.3. The highest BCUT2D eigenvalue weighted by atomic mass is 14.6. The van der Waals surface area contributed by atoms with Gasteiger partial charge in [0, 0.05) is 0 Å². The van der Waals surface area contributed by atoms with E-state index in [1.54, 1.807) is 89.9 Å². The van der Waals surface area contributed by atoms with Gasteiger partial charge in [-0.3, -0.25) is 0 Å². The molecule has 0 aromatic carbocycles. The van der Waals surface area contributed by atoms with Crippen LogP contribution in [0, 0.1) is 82.3 Å². The summed E-state index contributed by atoms with van der Waals surface area (Å²) in [7, 11) is 6.20. The smallest absolute Gasteiger partial charge is 0.0656 e. The molecule has 1 heteroatoms. The lowest BCUT2D eigenvalue weighted by Crippen LogP contribution is -2.51. The molecule has 0 N–H and O–H groups in total. The van der Waals surface area contributed by atoms with Crippen molar-refractivity contribution in [2.75, 3.05) is 0 Å². The van der Waals surface area contributed by atoms with Gasteiger partial charge in [-0.25, -0.2) is 0 Å². The van der Waals surface area contributed by atoms with Gasteiger partial charge in [0.1, 0.15) is 0 Å². The Morgan fingerprint density at radius 2 is 1.14 bits per heavy atom. The molecule has 194 valence electrons. The molecular formula is C34H55B. The van der Waals surface area contributed by atoms with Crippen LogP contribution in [-0.4, -0.2) is 7.85 Å². The molecular weight excluding hydrogens is 419 g/mol. The molecule has 0 amide bonds. The molecule has 13 atom stereocenters. The van der Waals surface area contributed by atoms with Crippen LogP contribution < -0.4 is 0 Å². The molecule has 0 saturated heterocycles. The Bertz CT molecular complexity index is 756. The van der Waals surface area contributed by atoms with Crippen molar-refractivity contribution >= 4 is 7.85 Å². The highest BCUT2D eigenvalue weighted by molar-refractivity contribution is 6.08. The van der Waals surface area contributed by atoms with Crippen molar-refractivity contribution in [1.82, 2.24) is 0 Å². The minimum absolute atomic E-state index is 0.561. The average molecular weight is 475 g/mol. The minimum Gasteiger partial charge on any atom is -0.0859 e. The summed E-state index contributed by atoms with van der Waals surface area (Å²) < 4.78 is 0. The van der Waals surface area contributed by atoms with E-state index in [2.05, 4.69) is 13.8 Å². The fraction of sp³-hybridized carbons (Fsp3) is 1.00. The third-order valence-electron chi connectivity index (χ3n) is 14.8. The average Bonchev–Trinajstić information content (AvgIpc) is 3.13. The van der Waals surface area contributed by atoms with E-state index in [-0.39, 0.29) is 0 Å². The van der Waals surface area contributed by atoms with Gasteiger partial charge in [-0.2, -0.15) is 0 Å². The summed E-state index contributed by atoms with van der Waals surface area (Å²) in [4.78, 5) is 0. The minimum atomic E-state index is 0.561. The van der Waals surface area contributed by atoms with Gasteiger partial charge in [-0.05, 0) is 153 Å². The summed E-state index contributed by atoms with van der Waals surface area (Å²) in [5.74, 6) is 13.8. The fourth-order valence-electron chi connectivity index (χ4n) is 13.4. The van der Waals surface area contributed by atoms with E-state index in [0.717, 1.165) is 83.3 Å². The lowest BCUT2D eigenvalue weighted by molar-refractivity contribution is -0.0974. The fourth-order valence-corrected chi connectivity index (χ4v) is 13.4. The van der Waals surface area contributed by atoms with Crippen LogP contribution in [0.4, 0.5) is 0 Å². The summed E-state index contributed by atoms with van der Waals surface area (Å²) in [5, 5.41) is 0. The molecule has 0 nitrogen and oxygen atoms in total. The van der Waals surface area contributed by atoms with Crippen LogP contribution in [0.25, 0.3) is 0 Å². The molecule has 0 bridgehead atoms. The first-order valence-corrected chi connectivity index (χ1v) is 16.8. The number of rotatable bonds is 2. The molecule has 0 aromatic rings. The normalized spacial score (nSPS) is 55.1.